The largest absolute Gasteiger partial charge is 0.523 e. The van der Waals surface area contributed by atoms with Crippen molar-refractivity contribution in [1.29, 1.82) is 0 Å². The van der Waals surface area contributed by atoms with Crippen molar-refractivity contribution in [2.45, 2.75) is 26.3 Å². The molecule has 0 aromatic carbocycles. The van der Waals surface area contributed by atoms with E-state index in [9.17, 15) is 26.4 Å². The van der Waals surface area contributed by atoms with Crippen LogP contribution in [0.25, 0.3) is 0 Å². The van der Waals surface area contributed by atoms with E-state index < -0.39 is 33.4 Å². The van der Waals surface area contributed by atoms with E-state index in [-0.39, 0.29) is 0 Å². The number of hydrogen-bond acceptors (Lipinski definition) is 4. The van der Waals surface area contributed by atoms with Gasteiger partial charge in [-0.05, 0) is 6.92 Å². The average molecular weight is 248 g/mol. The van der Waals surface area contributed by atoms with Gasteiger partial charge in [0.1, 0.15) is 5.78 Å². The van der Waals surface area contributed by atoms with Gasteiger partial charge < -0.3 is 0 Å². The average Bonchev–Trinajstić information content (AvgIpc) is 1.99. The van der Waals surface area contributed by atoms with Crippen molar-refractivity contribution in [3.63, 3.8) is 0 Å². The lowest BCUT2D eigenvalue weighted by Crippen LogP contribution is -2.33. The molecule has 0 aromatic heterocycles. The normalized spacial score (nSPS) is 14.0. The molecule has 0 bridgehead atoms. The fraction of sp³-hybridized carbons (Fsp3) is 0.857. The number of alkyl halides is 3. The van der Waals surface area contributed by atoms with Crippen LogP contribution in [-0.4, -0.2) is 26.3 Å². The van der Waals surface area contributed by atoms with Crippen molar-refractivity contribution < 1.29 is 30.6 Å². The van der Waals surface area contributed by atoms with E-state index in [0.717, 1.165) is 6.92 Å². The third kappa shape index (κ3) is 3.78. The maximum absolute atomic E-state index is 11.8. The molecule has 0 rings (SSSR count). The zero-order chi connectivity index (χ0) is 12.5. The fourth-order valence-corrected chi connectivity index (χ4v) is 0.977. The molecule has 15 heavy (non-hydrogen) atoms. The van der Waals surface area contributed by atoms with Crippen molar-refractivity contribution in [1.82, 2.24) is 0 Å². The third-order valence-corrected chi connectivity index (χ3v) is 2.81. The number of ketones is 1. The number of carbonyl (C=O) groups is 1. The Hall–Kier alpha value is -0.630. The predicted molar refractivity (Wildman–Crippen MR) is 45.4 cm³/mol. The van der Waals surface area contributed by atoms with Crippen molar-refractivity contribution in [3.8, 4) is 0 Å². The van der Waals surface area contributed by atoms with Gasteiger partial charge in [-0.25, -0.2) is 0 Å². The van der Waals surface area contributed by atoms with Gasteiger partial charge in [-0.15, -0.1) is 0 Å². The molecule has 4 nitrogen and oxygen atoms in total. The van der Waals surface area contributed by atoms with Crippen LogP contribution in [0.5, 0.6) is 0 Å². The summed E-state index contributed by atoms with van der Waals surface area (Å²) in [4.78, 5) is 10.9. The maximum atomic E-state index is 11.8. The Morgan fingerprint density at radius 2 is 1.67 bits per heavy atom. The molecule has 90 valence electrons. The smallest absolute Gasteiger partial charge is 0.299 e. The van der Waals surface area contributed by atoms with Gasteiger partial charge in [0.2, 0.25) is 0 Å². The van der Waals surface area contributed by atoms with Crippen LogP contribution in [-0.2, 0) is 19.1 Å². The lowest BCUT2D eigenvalue weighted by Gasteiger charge is -2.20. The minimum atomic E-state index is -5.62. The van der Waals surface area contributed by atoms with E-state index in [1.54, 1.807) is 0 Å². The molecular formula is C7H11F3O4S. The van der Waals surface area contributed by atoms with Crippen molar-refractivity contribution in [2.75, 3.05) is 6.61 Å². The second-order valence-corrected chi connectivity index (χ2v) is 5.21. The maximum Gasteiger partial charge on any atom is 0.523 e. The highest BCUT2D eigenvalue weighted by atomic mass is 32.2. The Morgan fingerprint density at radius 3 is 1.93 bits per heavy atom. The van der Waals surface area contributed by atoms with Crippen LogP contribution in [0.15, 0.2) is 0 Å². The van der Waals surface area contributed by atoms with Crippen molar-refractivity contribution in [3.05, 3.63) is 0 Å². The summed E-state index contributed by atoms with van der Waals surface area (Å²) in [6, 6.07) is 0. The SMILES string of the molecule is CC(=O)C(C)(C)COS(=O)(=O)C(F)(F)F. The van der Waals surface area contributed by atoms with Crippen LogP contribution in [0.4, 0.5) is 13.2 Å². The molecule has 0 aliphatic rings. The van der Waals surface area contributed by atoms with E-state index in [2.05, 4.69) is 4.18 Å². The summed E-state index contributed by atoms with van der Waals surface area (Å²) >= 11 is 0. The highest BCUT2D eigenvalue weighted by Gasteiger charge is 2.48. The molecule has 0 spiro atoms. The number of hydrogen-bond donors (Lipinski definition) is 0. The highest BCUT2D eigenvalue weighted by Crippen LogP contribution is 2.27. The molecule has 0 fully saturated rings. The zero-order valence-electron chi connectivity index (χ0n) is 8.38. The summed E-state index contributed by atoms with van der Waals surface area (Å²) in [5, 5.41) is 0. The van der Waals surface area contributed by atoms with Gasteiger partial charge in [0.15, 0.2) is 0 Å². The number of carbonyl (C=O) groups excluding carboxylic acids is 1. The molecule has 0 aromatic rings. The third-order valence-electron chi connectivity index (χ3n) is 1.81. The predicted octanol–water partition coefficient (Wildman–Crippen LogP) is 1.47. The molecule has 0 saturated carbocycles. The second kappa shape index (κ2) is 4.09. The second-order valence-electron chi connectivity index (χ2n) is 3.60. The molecule has 0 heterocycles. The summed E-state index contributed by atoms with van der Waals surface area (Å²) in [5.41, 5.74) is -6.72. The summed E-state index contributed by atoms with van der Waals surface area (Å²) in [7, 11) is -5.62. The topological polar surface area (TPSA) is 60.4 Å². The molecule has 0 amide bonds. The zero-order valence-corrected chi connectivity index (χ0v) is 9.20. The molecule has 0 saturated heterocycles. The summed E-state index contributed by atoms with van der Waals surface area (Å²) in [6.07, 6.45) is 0. The lowest BCUT2D eigenvalue weighted by molar-refractivity contribution is -0.126. The fourth-order valence-electron chi connectivity index (χ4n) is 0.393. The molecular weight excluding hydrogens is 237 g/mol. The Balaban J connectivity index is 4.62. The van der Waals surface area contributed by atoms with Crippen LogP contribution in [0, 0.1) is 5.41 Å². The highest BCUT2D eigenvalue weighted by molar-refractivity contribution is 7.87. The molecule has 8 heteroatoms. The lowest BCUT2D eigenvalue weighted by atomic mass is 9.90. The summed E-state index contributed by atoms with van der Waals surface area (Å²) < 4.78 is 60.1. The number of halogens is 3. The van der Waals surface area contributed by atoms with Gasteiger partial charge in [0, 0.05) is 5.41 Å². The van der Waals surface area contributed by atoms with Crippen molar-refractivity contribution >= 4 is 15.9 Å². The van der Waals surface area contributed by atoms with E-state index in [0.29, 0.717) is 0 Å². The molecule has 0 radical (unpaired) electrons. The van der Waals surface area contributed by atoms with Gasteiger partial charge in [0.05, 0.1) is 6.61 Å². The molecule has 0 N–H and O–H groups in total. The van der Waals surface area contributed by atoms with Crippen LogP contribution < -0.4 is 0 Å². The Kier molecular flexibility index (Phi) is 3.92. The quantitative estimate of drug-likeness (QED) is 0.558. The van der Waals surface area contributed by atoms with Crippen LogP contribution >= 0.6 is 0 Å². The first-order chi connectivity index (χ1) is 6.40. The van der Waals surface area contributed by atoms with Crippen LogP contribution in [0.1, 0.15) is 20.8 Å². The standard InChI is InChI=1S/C7H11F3O4S/c1-5(11)6(2,3)4-14-15(12,13)7(8,9)10/h4H2,1-3H3. The van der Waals surface area contributed by atoms with E-state index in [1.165, 1.54) is 13.8 Å². The minimum absolute atomic E-state index is 0.458. The number of Topliss-reactive ketones (excluding diaryl/α,β-unsaturated/α-hetero) is 1. The van der Waals surface area contributed by atoms with E-state index >= 15 is 0 Å². The first-order valence-corrected chi connectivity index (χ1v) is 5.28. The Bertz CT molecular complexity index is 342. The minimum Gasteiger partial charge on any atom is -0.299 e. The van der Waals surface area contributed by atoms with Gasteiger partial charge >= 0.3 is 15.6 Å². The number of rotatable bonds is 4. The van der Waals surface area contributed by atoms with E-state index in [1.807, 2.05) is 0 Å². The van der Waals surface area contributed by atoms with Crippen LogP contribution in [0.3, 0.4) is 0 Å². The van der Waals surface area contributed by atoms with Gasteiger partial charge in [-0.3, -0.25) is 8.98 Å². The van der Waals surface area contributed by atoms with Gasteiger partial charge in [-0.2, -0.15) is 21.6 Å². The van der Waals surface area contributed by atoms with Gasteiger partial charge in [-0.1, -0.05) is 13.8 Å². The van der Waals surface area contributed by atoms with Crippen molar-refractivity contribution in [2.24, 2.45) is 5.41 Å². The summed E-state index contributed by atoms with van der Waals surface area (Å²) in [5.74, 6) is -0.458. The molecule has 0 aliphatic carbocycles. The first-order valence-electron chi connectivity index (χ1n) is 3.87. The first kappa shape index (κ1) is 14.4. The van der Waals surface area contributed by atoms with E-state index in [4.69, 9.17) is 0 Å². The molecule has 0 atom stereocenters. The molecule has 0 aliphatic heterocycles. The summed E-state index contributed by atoms with van der Waals surface area (Å²) in [6.45, 7) is 2.90. The monoisotopic (exact) mass is 248 g/mol. The van der Waals surface area contributed by atoms with Gasteiger partial charge in [0.25, 0.3) is 0 Å². The van der Waals surface area contributed by atoms with Crippen LogP contribution in [0.2, 0.25) is 0 Å². The Labute approximate surface area is 85.5 Å². The molecule has 0 unspecified atom stereocenters. The Morgan fingerprint density at radius 1 is 1.27 bits per heavy atom.